The molecule has 0 aromatic heterocycles. The number of ether oxygens (including phenoxy) is 1. The smallest absolute Gasteiger partial charge is 0.328 e. The summed E-state index contributed by atoms with van der Waals surface area (Å²) in [6.07, 6.45) is 6.92. The number of likely N-dealkylation sites (tertiary alicyclic amines) is 2. The molecule has 2 N–H and O–H groups in total. The molecule has 0 unspecified atom stereocenters. The zero-order valence-electron chi connectivity index (χ0n) is 31.0. The van der Waals surface area contributed by atoms with Gasteiger partial charge in [-0.15, -0.1) is 0 Å². The van der Waals surface area contributed by atoms with Crippen molar-refractivity contribution in [3.05, 3.63) is 11.6 Å². The molecule has 4 amide bonds. The molecule has 0 spiro atoms. The average molecular weight is 662 g/mol. The molecule has 0 aromatic rings. The Morgan fingerprint density at radius 1 is 0.915 bits per heavy atom. The minimum absolute atomic E-state index is 0.0325. The quantitative estimate of drug-likeness (QED) is 0.212. The van der Waals surface area contributed by atoms with E-state index >= 15 is 0 Å². The molecule has 47 heavy (non-hydrogen) atoms. The highest BCUT2D eigenvalue weighted by molar-refractivity contribution is 5.98. The molecule has 5 atom stereocenters. The van der Waals surface area contributed by atoms with E-state index in [-0.39, 0.29) is 48.2 Å². The van der Waals surface area contributed by atoms with Gasteiger partial charge >= 0.3 is 5.97 Å². The number of likely N-dealkylation sites (N-methyl/N-ethyl adjacent to an activating group) is 1. The molecular formula is C36H63N5O6. The number of hydrogen-bond acceptors (Lipinski definition) is 7. The molecule has 0 saturated carbocycles. The van der Waals surface area contributed by atoms with Crippen LogP contribution in [0.3, 0.4) is 0 Å². The van der Waals surface area contributed by atoms with Crippen LogP contribution in [0, 0.1) is 11.3 Å². The molecule has 0 bridgehead atoms. The molecule has 0 aliphatic carbocycles. The van der Waals surface area contributed by atoms with Crippen molar-refractivity contribution >= 4 is 29.6 Å². The Morgan fingerprint density at radius 2 is 1.53 bits per heavy atom. The maximum atomic E-state index is 14.2. The van der Waals surface area contributed by atoms with E-state index in [9.17, 15) is 24.0 Å². The summed E-state index contributed by atoms with van der Waals surface area (Å²) >= 11 is 0. The van der Waals surface area contributed by atoms with Crippen LogP contribution >= 0.6 is 0 Å². The Labute approximate surface area is 283 Å². The number of piperidine rings is 1. The lowest BCUT2D eigenvalue weighted by Gasteiger charge is -2.41. The number of esters is 1. The van der Waals surface area contributed by atoms with Crippen LogP contribution in [0.1, 0.15) is 114 Å². The van der Waals surface area contributed by atoms with E-state index < -0.39 is 35.6 Å². The Balaban J connectivity index is 2.26. The molecular weight excluding hydrogens is 598 g/mol. The van der Waals surface area contributed by atoms with Crippen LogP contribution in [0.25, 0.3) is 0 Å². The van der Waals surface area contributed by atoms with Gasteiger partial charge in [0.1, 0.15) is 18.1 Å². The van der Waals surface area contributed by atoms with Gasteiger partial charge < -0.3 is 25.2 Å². The van der Waals surface area contributed by atoms with Crippen molar-refractivity contribution in [2.24, 2.45) is 11.3 Å². The number of amides is 4. The van der Waals surface area contributed by atoms with Crippen molar-refractivity contribution in [1.29, 1.82) is 0 Å². The summed E-state index contributed by atoms with van der Waals surface area (Å²) in [7, 11) is 1.72. The van der Waals surface area contributed by atoms with E-state index in [4.69, 9.17) is 4.74 Å². The molecule has 2 saturated heterocycles. The maximum absolute atomic E-state index is 14.2. The predicted octanol–water partition coefficient (Wildman–Crippen LogP) is 4.05. The fourth-order valence-electron chi connectivity index (χ4n) is 6.73. The summed E-state index contributed by atoms with van der Waals surface area (Å²) < 4.78 is 5.14. The first-order chi connectivity index (χ1) is 22.0. The van der Waals surface area contributed by atoms with Crippen molar-refractivity contribution in [2.75, 3.05) is 26.7 Å². The lowest BCUT2D eigenvalue weighted by Crippen LogP contribution is -2.60. The van der Waals surface area contributed by atoms with Gasteiger partial charge in [0.05, 0.1) is 18.7 Å². The summed E-state index contributed by atoms with van der Waals surface area (Å²) in [6, 6.07) is -2.68. The van der Waals surface area contributed by atoms with E-state index in [2.05, 4.69) is 29.4 Å². The second-order valence-corrected chi connectivity index (χ2v) is 14.9. The van der Waals surface area contributed by atoms with Gasteiger partial charge in [0.25, 0.3) is 0 Å². The third kappa shape index (κ3) is 10.8. The van der Waals surface area contributed by atoms with Crippen LogP contribution in [0.2, 0.25) is 0 Å². The molecule has 2 fully saturated rings. The van der Waals surface area contributed by atoms with E-state index in [0.29, 0.717) is 37.8 Å². The fourth-order valence-corrected chi connectivity index (χ4v) is 6.73. The number of nitrogens with one attached hydrogen (secondary N) is 2. The summed E-state index contributed by atoms with van der Waals surface area (Å²) in [5, 5.41) is 5.94. The molecule has 11 heteroatoms. The van der Waals surface area contributed by atoms with Gasteiger partial charge in [0, 0.05) is 25.2 Å². The minimum atomic E-state index is -0.760. The third-order valence-electron chi connectivity index (χ3n) is 9.43. The highest BCUT2D eigenvalue weighted by Gasteiger charge is 2.41. The monoisotopic (exact) mass is 661 g/mol. The Hall–Kier alpha value is -2.95. The zero-order chi connectivity index (χ0) is 35.6. The van der Waals surface area contributed by atoms with E-state index in [0.717, 1.165) is 25.8 Å². The molecule has 268 valence electrons. The SMILES string of the molecule is CCC[C@H](NC(=O)[C@@H]1CCCN1C(=O)/C(C)=C/[C@H](C(C)C)N(C)C(=O)[C@@H](NC(=O)[C@H]1CCCCN1C(C)C)C(C)(C)C)C(=O)OCC. The number of rotatable bonds is 14. The van der Waals surface area contributed by atoms with Crippen molar-refractivity contribution in [2.45, 2.75) is 150 Å². The number of carbonyl (C=O) groups is 5. The van der Waals surface area contributed by atoms with Gasteiger partial charge in [-0.25, -0.2) is 4.79 Å². The lowest BCUT2D eigenvalue weighted by molar-refractivity contribution is -0.148. The summed E-state index contributed by atoms with van der Waals surface area (Å²) in [6.45, 7) is 20.9. The Kier molecular flexibility index (Phi) is 15.4. The van der Waals surface area contributed by atoms with Crippen LogP contribution in [0.5, 0.6) is 0 Å². The predicted molar refractivity (Wildman–Crippen MR) is 184 cm³/mol. The third-order valence-corrected chi connectivity index (χ3v) is 9.43. The molecule has 11 nitrogen and oxygen atoms in total. The number of nitrogens with zero attached hydrogens (tertiary/aromatic N) is 3. The maximum Gasteiger partial charge on any atom is 0.328 e. The first-order valence-corrected chi connectivity index (χ1v) is 17.7. The topological polar surface area (TPSA) is 128 Å². The Bertz CT molecular complexity index is 1130. The second-order valence-electron chi connectivity index (χ2n) is 14.9. The van der Waals surface area contributed by atoms with Crippen LogP contribution in [-0.4, -0.2) is 107 Å². The van der Waals surface area contributed by atoms with Gasteiger partial charge in [-0.1, -0.05) is 60.5 Å². The molecule has 2 aliphatic rings. The van der Waals surface area contributed by atoms with Crippen LogP contribution in [0.15, 0.2) is 11.6 Å². The molecule has 2 aliphatic heterocycles. The molecule has 0 radical (unpaired) electrons. The summed E-state index contributed by atoms with van der Waals surface area (Å²) in [4.78, 5) is 72.7. The summed E-state index contributed by atoms with van der Waals surface area (Å²) in [5.74, 6) is -1.47. The van der Waals surface area contributed by atoms with Crippen molar-refractivity contribution in [3.8, 4) is 0 Å². The number of carbonyl (C=O) groups excluding carboxylic acids is 5. The minimum Gasteiger partial charge on any atom is -0.464 e. The highest BCUT2D eigenvalue weighted by atomic mass is 16.5. The van der Waals surface area contributed by atoms with Crippen LogP contribution in [-0.2, 0) is 28.7 Å². The van der Waals surface area contributed by atoms with Crippen LogP contribution < -0.4 is 10.6 Å². The van der Waals surface area contributed by atoms with E-state index in [1.807, 2.05) is 41.5 Å². The van der Waals surface area contributed by atoms with Gasteiger partial charge in [-0.05, 0) is 77.7 Å². The van der Waals surface area contributed by atoms with Gasteiger partial charge in [-0.3, -0.25) is 24.1 Å². The van der Waals surface area contributed by atoms with E-state index in [1.165, 1.54) is 0 Å². The van der Waals surface area contributed by atoms with Crippen molar-refractivity contribution < 1.29 is 28.7 Å². The van der Waals surface area contributed by atoms with Crippen LogP contribution in [0.4, 0.5) is 0 Å². The van der Waals surface area contributed by atoms with Gasteiger partial charge in [0.2, 0.25) is 23.6 Å². The van der Waals surface area contributed by atoms with E-state index in [1.54, 1.807) is 36.8 Å². The second kappa shape index (κ2) is 18.0. The fraction of sp³-hybridized carbons (Fsp3) is 0.806. The first-order valence-electron chi connectivity index (χ1n) is 17.7. The summed E-state index contributed by atoms with van der Waals surface area (Å²) in [5.41, 5.74) is -0.117. The zero-order valence-corrected chi connectivity index (χ0v) is 31.0. The van der Waals surface area contributed by atoms with Gasteiger partial charge in [-0.2, -0.15) is 0 Å². The molecule has 2 heterocycles. The Morgan fingerprint density at radius 3 is 2.09 bits per heavy atom. The standard InChI is InChI=1S/C36H63N5O6/c1-12-17-26(35(46)47-13-2)37-31(42)28-19-16-21-41(28)33(44)25(7)22-29(23(3)4)39(11)34(45)30(36(8,9)10)38-32(43)27-18-14-15-20-40(27)24(5)6/h22-24,26-30H,12-21H2,1-11H3,(H,37,42)(H,38,43)/b25-22+/t26-,27+,28-,29+,30+/m0/s1. The lowest BCUT2D eigenvalue weighted by atomic mass is 9.84. The van der Waals surface area contributed by atoms with Gasteiger partial charge in [0.15, 0.2) is 0 Å². The normalized spacial score (nSPS) is 21.3. The van der Waals surface area contributed by atoms with Crippen molar-refractivity contribution in [1.82, 2.24) is 25.3 Å². The van der Waals surface area contributed by atoms with Crippen molar-refractivity contribution in [3.63, 3.8) is 0 Å². The molecule has 0 aromatic carbocycles. The average Bonchev–Trinajstić information content (AvgIpc) is 3.50. The largest absolute Gasteiger partial charge is 0.464 e. The number of hydrogen-bond donors (Lipinski definition) is 2. The highest BCUT2D eigenvalue weighted by Crippen LogP contribution is 2.27. The first kappa shape index (κ1) is 40.2. The molecule has 2 rings (SSSR count).